The molecule has 0 aliphatic carbocycles. The average Bonchev–Trinajstić information content (AvgIpc) is 2.52. The Morgan fingerprint density at radius 1 is 1.27 bits per heavy atom. The van der Waals surface area contributed by atoms with Crippen LogP contribution >= 0.6 is 0 Å². The van der Waals surface area contributed by atoms with E-state index in [1.165, 1.54) is 17.5 Å². The Morgan fingerprint density at radius 2 is 1.91 bits per heavy atom. The van der Waals surface area contributed by atoms with E-state index in [0.29, 0.717) is 0 Å². The predicted molar refractivity (Wildman–Crippen MR) is 93.0 cm³/mol. The first-order valence-corrected chi connectivity index (χ1v) is 8.43. The molecule has 0 aliphatic heterocycles. The number of benzene rings is 1. The van der Waals surface area contributed by atoms with Crippen molar-refractivity contribution in [3.63, 3.8) is 0 Å². The smallest absolute Gasteiger partial charge is 0.123 e. The van der Waals surface area contributed by atoms with Crippen LogP contribution in [0.5, 0.6) is 0 Å². The molecule has 0 fully saturated rings. The van der Waals surface area contributed by atoms with Crippen molar-refractivity contribution in [1.29, 1.82) is 0 Å². The first-order chi connectivity index (χ1) is 10.5. The van der Waals surface area contributed by atoms with Gasteiger partial charge in [0.2, 0.25) is 0 Å². The SMILES string of the molecule is C=C(CCCC)CC(O)CCc1ccc(CC(C)C=O)cc1. The number of hydrogen-bond acceptors (Lipinski definition) is 2. The Kier molecular flexibility index (Phi) is 8.76. The molecule has 0 aliphatic rings. The first kappa shape index (κ1) is 18.6. The van der Waals surface area contributed by atoms with Crippen LogP contribution in [0.3, 0.4) is 0 Å². The van der Waals surface area contributed by atoms with Gasteiger partial charge in [-0.05, 0) is 49.7 Å². The fourth-order valence-corrected chi connectivity index (χ4v) is 2.56. The number of carbonyl (C=O) groups is 1. The number of aryl methyl sites for hydroxylation is 1. The Bertz CT molecular complexity index is 447. The van der Waals surface area contributed by atoms with Gasteiger partial charge in [-0.2, -0.15) is 0 Å². The number of carbonyl (C=O) groups excluding carboxylic acids is 1. The molecule has 1 rings (SSSR count). The summed E-state index contributed by atoms with van der Waals surface area (Å²) < 4.78 is 0. The van der Waals surface area contributed by atoms with Gasteiger partial charge in [0.05, 0.1) is 6.10 Å². The molecule has 2 unspecified atom stereocenters. The Morgan fingerprint density at radius 3 is 2.50 bits per heavy atom. The number of rotatable bonds is 11. The maximum atomic E-state index is 10.7. The highest BCUT2D eigenvalue weighted by Crippen LogP contribution is 2.16. The van der Waals surface area contributed by atoms with Crippen molar-refractivity contribution in [2.75, 3.05) is 0 Å². The molecule has 22 heavy (non-hydrogen) atoms. The molecule has 1 N–H and O–H groups in total. The van der Waals surface area contributed by atoms with Crippen molar-refractivity contribution in [3.8, 4) is 0 Å². The molecule has 0 aromatic heterocycles. The Balaban J connectivity index is 2.34. The number of unbranched alkanes of at least 4 members (excludes halogenated alkanes) is 1. The van der Waals surface area contributed by atoms with E-state index in [4.69, 9.17) is 0 Å². The summed E-state index contributed by atoms with van der Waals surface area (Å²) in [6.07, 6.45) is 7.22. The monoisotopic (exact) mass is 302 g/mol. The van der Waals surface area contributed by atoms with Gasteiger partial charge in [0, 0.05) is 5.92 Å². The molecule has 0 amide bonds. The summed E-state index contributed by atoms with van der Waals surface area (Å²) in [5.74, 6) is 0.0711. The highest BCUT2D eigenvalue weighted by atomic mass is 16.3. The number of aliphatic hydroxyl groups is 1. The van der Waals surface area contributed by atoms with Crippen LogP contribution < -0.4 is 0 Å². The topological polar surface area (TPSA) is 37.3 Å². The molecule has 0 radical (unpaired) electrons. The third-order valence-corrected chi connectivity index (χ3v) is 3.99. The Labute approximate surface area is 135 Å². The summed E-state index contributed by atoms with van der Waals surface area (Å²) in [7, 11) is 0. The van der Waals surface area contributed by atoms with E-state index < -0.39 is 0 Å². The van der Waals surface area contributed by atoms with E-state index in [1.54, 1.807) is 0 Å². The molecule has 0 saturated heterocycles. The lowest BCUT2D eigenvalue weighted by atomic mass is 9.97. The molecular formula is C20H30O2. The molecular weight excluding hydrogens is 272 g/mol. The molecule has 2 atom stereocenters. The van der Waals surface area contributed by atoms with Crippen molar-refractivity contribution < 1.29 is 9.90 Å². The minimum atomic E-state index is -0.292. The fourth-order valence-electron chi connectivity index (χ4n) is 2.56. The molecule has 1 aromatic carbocycles. The van der Waals surface area contributed by atoms with Crippen molar-refractivity contribution in [3.05, 3.63) is 47.5 Å². The van der Waals surface area contributed by atoms with Crippen LogP contribution in [0.4, 0.5) is 0 Å². The van der Waals surface area contributed by atoms with Crippen molar-refractivity contribution in [2.45, 2.75) is 64.9 Å². The number of aldehydes is 1. The molecule has 0 heterocycles. The molecule has 1 aromatic rings. The minimum Gasteiger partial charge on any atom is -0.393 e. The fraction of sp³-hybridized carbons (Fsp3) is 0.550. The van der Waals surface area contributed by atoms with E-state index in [-0.39, 0.29) is 12.0 Å². The lowest BCUT2D eigenvalue weighted by Crippen LogP contribution is -2.09. The van der Waals surface area contributed by atoms with Crippen LogP contribution in [0.15, 0.2) is 36.4 Å². The van der Waals surface area contributed by atoms with Gasteiger partial charge in [0.1, 0.15) is 6.29 Å². The maximum absolute atomic E-state index is 10.7. The standard InChI is InChI=1S/C20H30O2/c1-4-5-6-16(2)14-20(22)12-11-18-7-9-19(10-8-18)13-17(3)15-21/h7-10,15,17,20,22H,2,4-6,11-14H2,1,3H3. The van der Waals surface area contributed by atoms with Gasteiger partial charge in [-0.15, -0.1) is 0 Å². The second-order valence-corrected chi connectivity index (χ2v) is 6.38. The van der Waals surface area contributed by atoms with Gasteiger partial charge >= 0.3 is 0 Å². The Hall–Kier alpha value is -1.41. The van der Waals surface area contributed by atoms with Gasteiger partial charge in [-0.3, -0.25) is 0 Å². The summed E-state index contributed by atoms with van der Waals surface area (Å²) in [5.41, 5.74) is 3.59. The van der Waals surface area contributed by atoms with E-state index in [1.807, 2.05) is 6.92 Å². The third-order valence-electron chi connectivity index (χ3n) is 3.99. The van der Waals surface area contributed by atoms with Crippen LogP contribution in [0.2, 0.25) is 0 Å². The van der Waals surface area contributed by atoms with Crippen LogP contribution in [0.25, 0.3) is 0 Å². The predicted octanol–water partition coefficient (Wildman–Crippen LogP) is 4.49. The van der Waals surface area contributed by atoms with Gasteiger partial charge in [-0.25, -0.2) is 0 Å². The highest BCUT2D eigenvalue weighted by molar-refractivity contribution is 5.53. The van der Waals surface area contributed by atoms with Crippen LogP contribution in [0, 0.1) is 5.92 Å². The summed E-state index contributed by atoms with van der Waals surface area (Å²) in [6.45, 7) is 8.15. The average molecular weight is 302 g/mol. The lowest BCUT2D eigenvalue weighted by molar-refractivity contribution is -0.110. The van der Waals surface area contributed by atoms with Crippen molar-refractivity contribution in [2.24, 2.45) is 5.92 Å². The normalized spacial score (nSPS) is 13.6. The minimum absolute atomic E-state index is 0.0711. The largest absolute Gasteiger partial charge is 0.393 e. The van der Waals surface area contributed by atoms with Gasteiger partial charge < -0.3 is 9.90 Å². The summed E-state index contributed by atoms with van der Waals surface area (Å²) in [6, 6.07) is 8.38. The van der Waals surface area contributed by atoms with Crippen molar-refractivity contribution >= 4 is 6.29 Å². The van der Waals surface area contributed by atoms with Crippen LogP contribution in [-0.2, 0) is 17.6 Å². The molecule has 0 spiro atoms. The van der Waals surface area contributed by atoms with Gasteiger partial charge in [-0.1, -0.05) is 56.7 Å². The highest BCUT2D eigenvalue weighted by Gasteiger charge is 2.07. The number of aliphatic hydroxyl groups excluding tert-OH is 1. The molecule has 2 nitrogen and oxygen atoms in total. The zero-order chi connectivity index (χ0) is 16.4. The maximum Gasteiger partial charge on any atom is 0.123 e. The summed E-state index contributed by atoms with van der Waals surface area (Å²) in [5, 5.41) is 10.1. The van der Waals surface area contributed by atoms with Crippen LogP contribution in [-0.4, -0.2) is 17.5 Å². The zero-order valence-electron chi connectivity index (χ0n) is 14.1. The van der Waals surface area contributed by atoms with E-state index in [0.717, 1.165) is 50.4 Å². The van der Waals surface area contributed by atoms with Gasteiger partial charge in [0.25, 0.3) is 0 Å². The quantitative estimate of drug-likeness (QED) is 0.483. The lowest BCUT2D eigenvalue weighted by Gasteiger charge is -2.13. The first-order valence-electron chi connectivity index (χ1n) is 8.43. The van der Waals surface area contributed by atoms with Crippen LogP contribution in [0.1, 0.15) is 57.1 Å². The second-order valence-electron chi connectivity index (χ2n) is 6.38. The molecule has 0 saturated carbocycles. The molecule has 0 bridgehead atoms. The van der Waals surface area contributed by atoms with Crippen molar-refractivity contribution in [1.82, 2.24) is 0 Å². The molecule has 122 valence electrons. The second kappa shape index (κ2) is 10.3. The van der Waals surface area contributed by atoms with E-state index in [9.17, 15) is 9.90 Å². The summed E-state index contributed by atoms with van der Waals surface area (Å²) >= 11 is 0. The molecule has 2 heteroatoms. The third kappa shape index (κ3) is 7.56. The zero-order valence-corrected chi connectivity index (χ0v) is 14.1. The summed E-state index contributed by atoms with van der Waals surface area (Å²) in [4.78, 5) is 10.7. The van der Waals surface area contributed by atoms with E-state index >= 15 is 0 Å². The van der Waals surface area contributed by atoms with E-state index in [2.05, 4.69) is 37.8 Å². The van der Waals surface area contributed by atoms with Gasteiger partial charge in [0.15, 0.2) is 0 Å². The number of hydrogen-bond donors (Lipinski definition) is 1.